The lowest BCUT2D eigenvalue weighted by Crippen LogP contribution is -2.52. The fourth-order valence-electron chi connectivity index (χ4n) is 2.82. The summed E-state index contributed by atoms with van der Waals surface area (Å²) in [5.74, 6) is 1.47. The summed E-state index contributed by atoms with van der Waals surface area (Å²) in [4.78, 5) is 19.0. The number of carbonyl (C=O) groups excluding carboxylic acids is 1. The van der Waals surface area contributed by atoms with Crippen LogP contribution in [-0.2, 0) is 0 Å². The number of ether oxygens (including phenoxy) is 2. The van der Waals surface area contributed by atoms with E-state index in [-0.39, 0.29) is 43.6 Å². The first kappa shape index (κ1) is 19.8. The van der Waals surface area contributed by atoms with E-state index in [1.807, 2.05) is 28.5 Å². The maximum Gasteiger partial charge on any atom is 0.273 e. The monoisotopic (exact) mass is 403 g/mol. The minimum absolute atomic E-state index is 0. The smallest absolute Gasteiger partial charge is 0.273 e. The number of hydrogen-bond donors (Lipinski definition) is 1. The standard InChI is InChI=1S/C16H17N3O3S.2ClH/c1-10-7-17-4-5-19(10)16(20)12-8-23-15(18-12)11-2-3-13-14(6-11)22-9-21-13;;/h2-3,6,8,10,17H,4-5,7,9H2,1H3;2*1H. The van der Waals surface area contributed by atoms with Crippen molar-refractivity contribution in [2.24, 2.45) is 0 Å². The van der Waals surface area contributed by atoms with Crippen LogP contribution in [-0.4, -0.2) is 48.3 Å². The van der Waals surface area contributed by atoms with Crippen LogP contribution in [0.1, 0.15) is 17.4 Å². The van der Waals surface area contributed by atoms with Crippen molar-refractivity contribution in [1.29, 1.82) is 0 Å². The minimum atomic E-state index is 0. The van der Waals surface area contributed by atoms with Gasteiger partial charge in [0, 0.05) is 36.6 Å². The first-order chi connectivity index (χ1) is 11.2. The molecule has 1 N–H and O–H groups in total. The number of fused-ring (bicyclic) bond motifs is 1. The van der Waals surface area contributed by atoms with E-state index in [1.165, 1.54) is 11.3 Å². The van der Waals surface area contributed by atoms with E-state index in [1.54, 1.807) is 0 Å². The van der Waals surface area contributed by atoms with Crippen LogP contribution in [0.15, 0.2) is 23.6 Å². The molecule has 2 aliphatic heterocycles. The number of amides is 1. The highest BCUT2D eigenvalue weighted by Gasteiger charge is 2.26. The first-order valence-corrected chi connectivity index (χ1v) is 8.47. The molecule has 2 aromatic rings. The summed E-state index contributed by atoms with van der Waals surface area (Å²) >= 11 is 1.47. The Morgan fingerprint density at radius 3 is 2.92 bits per heavy atom. The largest absolute Gasteiger partial charge is 0.454 e. The molecule has 0 spiro atoms. The van der Waals surface area contributed by atoms with Gasteiger partial charge in [-0.1, -0.05) is 0 Å². The maximum atomic E-state index is 12.6. The Hall–Kier alpha value is -1.54. The van der Waals surface area contributed by atoms with Gasteiger partial charge in [-0.2, -0.15) is 0 Å². The average molecular weight is 404 g/mol. The summed E-state index contributed by atoms with van der Waals surface area (Å²) in [6, 6.07) is 5.91. The van der Waals surface area contributed by atoms with Gasteiger partial charge in [-0.15, -0.1) is 36.2 Å². The third-order valence-corrected chi connectivity index (χ3v) is 5.00. The normalized spacial score (nSPS) is 18.3. The summed E-state index contributed by atoms with van der Waals surface area (Å²) in [5, 5.41) is 5.93. The van der Waals surface area contributed by atoms with E-state index in [2.05, 4.69) is 17.2 Å². The van der Waals surface area contributed by atoms with Crippen LogP contribution in [0.25, 0.3) is 10.6 Å². The van der Waals surface area contributed by atoms with Gasteiger partial charge in [-0.3, -0.25) is 4.79 Å². The van der Waals surface area contributed by atoms with Gasteiger partial charge < -0.3 is 19.7 Å². The highest BCUT2D eigenvalue weighted by atomic mass is 35.5. The van der Waals surface area contributed by atoms with Crippen LogP contribution < -0.4 is 14.8 Å². The SMILES string of the molecule is CC1CNCCN1C(=O)c1csc(-c2ccc3c(c2)OCO3)n1.Cl.Cl. The molecule has 0 radical (unpaired) electrons. The quantitative estimate of drug-likeness (QED) is 0.834. The zero-order chi connectivity index (χ0) is 15.8. The predicted octanol–water partition coefficient (Wildman–Crippen LogP) is 2.82. The molecular weight excluding hydrogens is 385 g/mol. The lowest BCUT2D eigenvalue weighted by Gasteiger charge is -2.33. The van der Waals surface area contributed by atoms with Crippen LogP contribution in [0.3, 0.4) is 0 Å². The number of piperazine rings is 1. The van der Waals surface area contributed by atoms with Crippen molar-refractivity contribution >= 4 is 42.1 Å². The van der Waals surface area contributed by atoms with Crippen LogP contribution in [0.2, 0.25) is 0 Å². The van der Waals surface area contributed by atoms with Crippen molar-refractivity contribution in [3.63, 3.8) is 0 Å². The Kier molecular flexibility index (Phi) is 6.51. The number of hydrogen-bond acceptors (Lipinski definition) is 6. The van der Waals surface area contributed by atoms with Crippen molar-refractivity contribution < 1.29 is 14.3 Å². The number of benzene rings is 1. The Morgan fingerprint density at radius 2 is 2.12 bits per heavy atom. The second kappa shape index (κ2) is 8.23. The maximum absolute atomic E-state index is 12.6. The Morgan fingerprint density at radius 1 is 1.32 bits per heavy atom. The molecule has 1 amide bonds. The van der Waals surface area contributed by atoms with Crippen molar-refractivity contribution in [3.8, 4) is 22.1 Å². The zero-order valence-corrected chi connectivity index (χ0v) is 16.0. The molecule has 3 heterocycles. The summed E-state index contributed by atoms with van der Waals surface area (Å²) in [6.07, 6.45) is 0. The second-order valence-corrected chi connectivity index (χ2v) is 6.52. The number of nitrogens with one attached hydrogen (secondary N) is 1. The molecule has 0 bridgehead atoms. The number of halogens is 2. The minimum Gasteiger partial charge on any atom is -0.454 e. The predicted molar refractivity (Wildman–Crippen MR) is 102 cm³/mol. The van der Waals surface area contributed by atoms with E-state index in [9.17, 15) is 4.79 Å². The number of aromatic nitrogens is 1. The van der Waals surface area contributed by atoms with E-state index < -0.39 is 0 Å². The first-order valence-electron chi connectivity index (χ1n) is 7.59. The van der Waals surface area contributed by atoms with Crippen LogP contribution >= 0.6 is 36.2 Å². The van der Waals surface area contributed by atoms with E-state index in [0.29, 0.717) is 5.69 Å². The number of thiazole rings is 1. The highest BCUT2D eigenvalue weighted by Crippen LogP contribution is 2.36. The van der Waals surface area contributed by atoms with Gasteiger partial charge in [0.15, 0.2) is 11.5 Å². The molecule has 1 saturated heterocycles. The van der Waals surface area contributed by atoms with Crippen molar-refractivity contribution in [2.45, 2.75) is 13.0 Å². The molecule has 136 valence electrons. The number of carbonyl (C=O) groups is 1. The highest BCUT2D eigenvalue weighted by molar-refractivity contribution is 7.13. The van der Waals surface area contributed by atoms with Crippen LogP contribution in [0.4, 0.5) is 0 Å². The summed E-state index contributed by atoms with van der Waals surface area (Å²) in [7, 11) is 0. The van der Waals surface area contributed by atoms with Gasteiger partial charge >= 0.3 is 0 Å². The van der Waals surface area contributed by atoms with Crippen LogP contribution in [0.5, 0.6) is 11.5 Å². The molecule has 4 rings (SSSR count). The lowest BCUT2D eigenvalue weighted by molar-refractivity contribution is 0.0650. The van der Waals surface area contributed by atoms with Crippen LogP contribution in [0, 0.1) is 0 Å². The molecule has 0 aliphatic carbocycles. The molecule has 1 aromatic carbocycles. The van der Waals surface area contributed by atoms with E-state index in [4.69, 9.17) is 9.47 Å². The van der Waals surface area contributed by atoms with E-state index >= 15 is 0 Å². The topological polar surface area (TPSA) is 63.7 Å². The molecule has 1 unspecified atom stereocenters. The van der Waals surface area contributed by atoms with E-state index in [0.717, 1.165) is 41.7 Å². The van der Waals surface area contributed by atoms with Gasteiger partial charge in [0.2, 0.25) is 6.79 Å². The average Bonchev–Trinajstić information content (AvgIpc) is 3.23. The molecule has 25 heavy (non-hydrogen) atoms. The molecule has 6 nitrogen and oxygen atoms in total. The molecule has 0 saturated carbocycles. The van der Waals surface area contributed by atoms with Crippen molar-refractivity contribution in [2.75, 3.05) is 26.4 Å². The molecule has 1 atom stereocenters. The Balaban J connectivity index is 0.00000113. The van der Waals surface area contributed by atoms with Crippen molar-refractivity contribution in [1.82, 2.24) is 15.2 Å². The fourth-order valence-corrected chi connectivity index (χ4v) is 3.61. The Labute approximate surface area is 162 Å². The van der Waals surface area contributed by atoms with Gasteiger partial charge in [0.25, 0.3) is 5.91 Å². The lowest BCUT2D eigenvalue weighted by atomic mass is 10.2. The van der Waals surface area contributed by atoms with Crippen molar-refractivity contribution in [3.05, 3.63) is 29.3 Å². The third-order valence-electron chi connectivity index (χ3n) is 4.10. The summed E-state index contributed by atoms with van der Waals surface area (Å²) in [6.45, 7) is 4.67. The molecule has 2 aliphatic rings. The van der Waals surface area contributed by atoms with Gasteiger partial charge in [-0.25, -0.2) is 4.98 Å². The summed E-state index contributed by atoms with van der Waals surface area (Å²) < 4.78 is 10.7. The molecule has 1 fully saturated rings. The molecule has 9 heteroatoms. The second-order valence-electron chi connectivity index (χ2n) is 5.66. The number of nitrogens with zero attached hydrogens (tertiary/aromatic N) is 2. The van der Waals surface area contributed by atoms with Gasteiger partial charge in [0.05, 0.1) is 0 Å². The molecule has 1 aromatic heterocycles. The Bertz CT molecular complexity index is 756. The molecular formula is C16H19Cl2N3O3S. The number of rotatable bonds is 2. The zero-order valence-electron chi connectivity index (χ0n) is 13.6. The summed E-state index contributed by atoms with van der Waals surface area (Å²) in [5.41, 5.74) is 1.45. The third kappa shape index (κ3) is 3.84. The van der Waals surface area contributed by atoms with Gasteiger partial charge in [-0.05, 0) is 25.1 Å². The van der Waals surface area contributed by atoms with Gasteiger partial charge in [0.1, 0.15) is 10.7 Å². The fraction of sp³-hybridized carbons (Fsp3) is 0.375.